The number of nitrogens with two attached hydrogens (primary N) is 1. The molecule has 4 heteroatoms. The molecular formula is C15H22N2O2. The van der Waals surface area contributed by atoms with Crippen LogP contribution in [0.3, 0.4) is 0 Å². The Morgan fingerprint density at radius 3 is 2.63 bits per heavy atom. The lowest BCUT2D eigenvalue weighted by molar-refractivity contribution is -0.124. The van der Waals surface area contributed by atoms with Crippen LogP contribution in [0.4, 0.5) is 0 Å². The SMILES string of the molecule is COCC(N)CCNC(=O)C1Cc2ccccc2C1. The molecule has 0 heterocycles. The third kappa shape index (κ3) is 3.78. The Balaban J connectivity index is 1.74. The first-order valence-corrected chi connectivity index (χ1v) is 6.79. The van der Waals surface area contributed by atoms with Gasteiger partial charge >= 0.3 is 0 Å². The highest BCUT2D eigenvalue weighted by Gasteiger charge is 2.26. The molecule has 1 aromatic rings. The van der Waals surface area contributed by atoms with Gasteiger partial charge in [0.15, 0.2) is 0 Å². The van der Waals surface area contributed by atoms with E-state index in [1.165, 1.54) is 11.1 Å². The first-order valence-electron chi connectivity index (χ1n) is 6.79. The van der Waals surface area contributed by atoms with Gasteiger partial charge in [-0.05, 0) is 30.4 Å². The monoisotopic (exact) mass is 262 g/mol. The molecule has 1 aliphatic rings. The molecule has 0 aromatic heterocycles. The van der Waals surface area contributed by atoms with Crippen molar-refractivity contribution >= 4 is 5.91 Å². The van der Waals surface area contributed by atoms with Gasteiger partial charge in [0.1, 0.15) is 0 Å². The standard InChI is InChI=1S/C15H22N2O2/c1-19-10-14(16)6-7-17-15(18)13-8-11-4-2-3-5-12(11)9-13/h2-5,13-14H,6-10,16H2,1H3,(H,17,18). The van der Waals surface area contributed by atoms with Crippen molar-refractivity contribution in [1.29, 1.82) is 0 Å². The molecule has 1 atom stereocenters. The lowest BCUT2D eigenvalue weighted by Crippen LogP contribution is -2.36. The molecule has 4 nitrogen and oxygen atoms in total. The van der Waals surface area contributed by atoms with Gasteiger partial charge in [-0.3, -0.25) is 4.79 Å². The van der Waals surface area contributed by atoms with Crippen molar-refractivity contribution in [1.82, 2.24) is 5.32 Å². The molecule has 2 rings (SSSR count). The van der Waals surface area contributed by atoms with Crippen LogP contribution >= 0.6 is 0 Å². The Kier molecular flexibility index (Phi) is 4.93. The number of benzene rings is 1. The average Bonchev–Trinajstić information content (AvgIpc) is 2.82. The number of methoxy groups -OCH3 is 1. The summed E-state index contributed by atoms with van der Waals surface area (Å²) in [6.45, 7) is 1.15. The zero-order valence-electron chi connectivity index (χ0n) is 11.4. The van der Waals surface area contributed by atoms with Crippen molar-refractivity contribution in [3.05, 3.63) is 35.4 Å². The fourth-order valence-electron chi connectivity index (χ4n) is 2.57. The first kappa shape index (κ1) is 14.0. The lowest BCUT2D eigenvalue weighted by Gasteiger charge is -2.13. The molecule has 0 saturated carbocycles. The molecule has 0 fully saturated rings. The largest absolute Gasteiger partial charge is 0.383 e. The highest BCUT2D eigenvalue weighted by Crippen LogP contribution is 2.26. The molecule has 0 aliphatic heterocycles. The van der Waals surface area contributed by atoms with E-state index in [0.29, 0.717) is 13.2 Å². The predicted molar refractivity (Wildman–Crippen MR) is 74.8 cm³/mol. The van der Waals surface area contributed by atoms with Crippen LogP contribution in [0, 0.1) is 5.92 Å². The van der Waals surface area contributed by atoms with Gasteiger partial charge in [-0.1, -0.05) is 24.3 Å². The quantitative estimate of drug-likeness (QED) is 0.800. The summed E-state index contributed by atoms with van der Waals surface area (Å²) in [6, 6.07) is 8.27. The van der Waals surface area contributed by atoms with E-state index in [0.717, 1.165) is 19.3 Å². The molecule has 1 aromatic carbocycles. The van der Waals surface area contributed by atoms with Gasteiger partial charge in [-0.2, -0.15) is 0 Å². The molecule has 0 saturated heterocycles. The summed E-state index contributed by atoms with van der Waals surface area (Å²) in [6.07, 6.45) is 2.46. The minimum absolute atomic E-state index is 0.00826. The van der Waals surface area contributed by atoms with E-state index in [-0.39, 0.29) is 17.9 Å². The normalized spacial score (nSPS) is 16.1. The lowest BCUT2D eigenvalue weighted by atomic mass is 10.1. The van der Waals surface area contributed by atoms with Crippen molar-refractivity contribution in [2.75, 3.05) is 20.3 Å². The predicted octanol–water partition coefficient (Wildman–Crippen LogP) is 0.881. The second-order valence-electron chi connectivity index (χ2n) is 5.17. The number of ether oxygens (including phenoxy) is 1. The highest BCUT2D eigenvalue weighted by atomic mass is 16.5. The van der Waals surface area contributed by atoms with Crippen molar-refractivity contribution in [2.45, 2.75) is 25.3 Å². The molecule has 0 spiro atoms. The van der Waals surface area contributed by atoms with Gasteiger partial charge in [0.2, 0.25) is 5.91 Å². The molecule has 104 valence electrons. The average molecular weight is 262 g/mol. The zero-order valence-corrected chi connectivity index (χ0v) is 11.4. The third-order valence-corrected chi connectivity index (χ3v) is 3.62. The van der Waals surface area contributed by atoms with Crippen molar-refractivity contribution in [3.63, 3.8) is 0 Å². The van der Waals surface area contributed by atoms with Crippen LogP contribution in [0.15, 0.2) is 24.3 Å². The fraction of sp³-hybridized carbons (Fsp3) is 0.533. The number of amides is 1. The molecule has 1 amide bonds. The zero-order chi connectivity index (χ0) is 13.7. The van der Waals surface area contributed by atoms with E-state index in [1.54, 1.807) is 7.11 Å². The Morgan fingerprint density at radius 1 is 1.42 bits per heavy atom. The maximum Gasteiger partial charge on any atom is 0.223 e. The molecule has 1 aliphatic carbocycles. The molecule has 3 N–H and O–H groups in total. The molecule has 1 unspecified atom stereocenters. The maximum absolute atomic E-state index is 12.1. The van der Waals surface area contributed by atoms with E-state index < -0.39 is 0 Å². The summed E-state index contributed by atoms with van der Waals surface area (Å²) in [5.41, 5.74) is 8.43. The number of hydrogen-bond donors (Lipinski definition) is 2. The number of rotatable bonds is 6. The van der Waals surface area contributed by atoms with Gasteiger partial charge < -0.3 is 15.8 Å². The number of hydrogen-bond acceptors (Lipinski definition) is 3. The van der Waals surface area contributed by atoms with Crippen LogP contribution in [0.2, 0.25) is 0 Å². The van der Waals surface area contributed by atoms with E-state index in [4.69, 9.17) is 10.5 Å². The maximum atomic E-state index is 12.1. The fourth-order valence-corrected chi connectivity index (χ4v) is 2.57. The van der Waals surface area contributed by atoms with Crippen LogP contribution in [-0.4, -0.2) is 32.2 Å². The van der Waals surface area contributed by atoms with E-state index in [1.807, 2.05) is 12.1 Å². The summed E-state index contributed by atoms with van der Waals surface area (Å²) < 4.78 is 4.97. The van der Waals surface area contributed by atoms with Crippen LogP contribution in [0.1, 0.15) is 17.5 Å². The molecule has 19 heavy (non-hydrogen) atoms. The third-order valence-electron chi connectivity index (χ3n) is 3.62. The van der Waals surface area contributed by atoms with Crippen LogP contribution in [0.5, 0.6) is 0 Å². The molecule has 0 bridgehead atoms. The summed E-state index contributed by atoms with van der Waals surface area (Å²) in [4.78, 5) is 12.1. The van der Waals surface area contributed by atoms with Crippen molar-refractivity contribution in [3.8, 4) is 0 Å². The number of fused-ring (bicyclic) bond motifs is 1. The highest BCUT2D eigenvalue weighted by molar-refractivity contribution is 5.80. The molecule has 0 radical (unpaired) electrons. The first-order chi connectivity index (χ1) is 9.20. The van der Waals surface area contributed by atoms with Gasteiger partial charge in [0, 0.05) is 25.6 Å². The Morgan fingerprint density at radius 2 is 2.05 bits per heavy atom. The van der Waals surface area contributed by atoms with Crippen molar-refractivity contribution in [2.24, 2.45) is 11.7 Å². The van der Waals surface area contributed by atoms with Gasteiger partial charge in [-0.15, -0.1) is 0 Å². The van der Waals surface area contributed by atoms with Crippen molar-refractivity contribution < 1.29 is 9.53 Å². The van der Waals surface area contributed by atoms with Gasteiger partial charge in [0.05, 0.1) is 6.61 Å². The van der Waals surface area contributed by atoms with Gasteiger partial charge in [-0.25, -0.2) is 0 Å². The van der Waals surface area contributed by atoms with E-state index in [9.17, 15) is 4.79 Å². The number of carbonyl (C=O) groups is 1. The topological polar surface area (TPSA) is 64.3 Å². The smallest absolute Gasteiger partial charge is 0.223 e. The minimum Gasteiger partial charge on any atom is -0.383 e. The summed E-state index contributed by atoms with van der Waals surface area (Å²) in [5.74, 6) is 0.219. The second-order valence-corrected chi connectivity index (χ2v) is 5.17. The van der Waals surface area contributed by atoms with Crippen LogP contribution < -0.4 is 11.1 Å². The van der Waals surface area contributed by atoms with Gasteiger partial charge in [0.25, 0.3) is 0 Å². The Hall–Kier alpha value is -1.39. The summed E-state index contributed by atoms with van der Waals surface area (Å²) in [7, 11) is 1.63. The Bertz CT molecular complexity index is 409. The summed E-state index contributed by atoms with van der Waals surface area (Å²) in [5, 5.41) is 2.97. The van der Waals surface area contributed by atoms with Crippen LogP contribution in [0.25, 0.3) is 0 Å². The molecular weight excluding hydrogens is 240 g/mol. The van der Waals surface area contributed by atoms with Crippen LogP contribution in [-0.2, 0) is 22.4 Å². The van der Waals surface area contributed by atoms with E-state index >= 15 is 0 Å². The summed E-state index contributed by atoms with van der Waals surface area (Å²) >= 11 is 0. The van der Waals surface area contributed by atoms with E-state index in [2.05, 4.69) is 17.4 Å². The minimum atomic E-state index is -0.00826. The Labute approximate surface area is 114 Å². The number of carbonyl (C=O) groups excluding carboxylic acids is 1. The number of nitrogens with one attached hydrogen (secondary N) is 1. The second kappa shape index (κ2) is 6.68.